The Morgan fingerprint density at radius 2 is 2.23 bits per heavy atom. The van der Waals surface area contributed by atoms with E-state index in [1.165, 1.54) is 6.33 Å². The summed E-state index contributed by atoms with van der Waals surface area (Å²) in [6.45, 7) is 1.08. The monoisotopic (exact) mass is 180 g/mol. The number of aliphatic carboxylic acids is 1. The van der Waals surface area contributed by atoms with Crippen LogP contribution in [0.1, 0.15) is 6.92 Å². The standard InChI is InChI=1S/C5H4N4.C2H4O2/c1-4-5(8-2-6-1)9-3-7-4;1-2(3)4/h1-3H,(H,6,7,8,9);1H3,(H,3,4). The largest absolute Gasteiger partial charge is 0.481 e. The molecule has 0 aliphatic carbocycles. The highest BCUT2D eigenvalue weighted by Gasteiger charge is 1.91. The summed E-state index contributed by atoms with van der Waals surface area (Å²) in [5, 5.41) is 7.42. The normalized spacial score (nSPS) is 9.00. The van der Waals surface area contributed by atoms with Crippen molar-refractivity contribution in [2.45, 2.75) is 6.92 Å². The Hall–Kier alpha value is -1.98. The van der Waals surface area contributed by atoms with E-state index in [2.05, 4.69) is 19.9 Å². The Kier molecular flexibility index (Phi) is 2.91. The van der Waals surface area contributed by atoms with Gasteiger partial charge in [0.1, 0.15) is 11.8 Å². The zero-order valence-electron chi connectivity index (χ0n) is 6.93. The Morgan fingerprint density at radius 1 is 1.54 bits per heavy atom. The molecule has 0 bridgehead atoms. The van der Waals surface area contributed by atoms with Gasteiger partial charge in [0.25, 0.3) is 5.97 Å². The molecule has 2 aromatic heterocycles. The van der Waals surface area contributed by atoms with Gasteiger partial charge in [-0.1, -0.05) is 0 Å². The van der Waals surface area contributed by atoms with Crippen LogP contribution in [0.2, 0.25) is 0 Å². The molecule has 13 heavy (non-hydrogen) atoms. The van der Waals surface area contributed by atoms with Crippen LogP contribution in [0.5, 0.6) is 0 Å². The molecule has 0 aromatic carbocycles. The van der Waals surface area contributed by atoms with Crippen molar-refractivity contribution in [1.82, 2.24) is 19.9 Å². The van der Waals surface area contributed by atoms with Gasteiger partial charge in [-0.25, -0.2) is 15.0 Å². The van der Waals surface area contributed by atoms with Gasteiger partial charge >= 0.3 is 0 Å². The summed E-state index contributed by atoms with van der Waals surface area (Å²) < 4.78 is 0. The number of H-pyrrole nitrogens is 1. The fourth-order valence-electron chi connectivity index (χ4n) is 0.691. The van der Waals surface area contributed by atoms with Gasteiger partial charge in [0.15, 0.2) is 5.65 Å². The van der Waals surface area contributed by atoms with Crippen LogP contribution >= 0.6 is 0 Å². The molecule has 68 valence electrons. The fourth-order valence-corrected chi connectivity index (χ4v) is 0.691. The summed E-state index contributed by atoms with van der Waals surface area (Å²) in [6, 6.07) is 0. The SMILES string of the molecule is CC(=O)O.c1ncc2[nH]cnc2n1. The number of nitrogens with one attached hydrogen (secondary N) is 1. The second kappa shape index (κ2) is 4.15. The fraction of sp³-hybridized carbons (Fsp3) is 0.143. The predicted molar refractivity (Wildman–Crippen MR) is 45.0 cm³/mol. The van der Waals surface area contributed by atoms with E-state index in [4.69, 9.17) is 9.90 Å². The van der Waals surface area contributed by atoms with Crippen LogP contribution in [-0.2, 0) is 4.79 Å². The molecule has 0 amide bonds. The number of rotatable bonds is 0. The van der Waals surface area contributed by atoms with Crippen molar-refractivity contribution in [1.29, 1.82) is 0 Å². The van der Waals surface area contributed by atoms with Crippen molar-refractivity contribution < 1.29 is 9.90 Å². The summed E-state index contributed by atoms with van der Waals surface area (Å²) in [4.78, 5) is 23.5. The zero-order valence-corrected chi connectivity index (χ0v) is 6.93. The minimum Gasteiger partial charge on any atom is -0.481 e. The first-order chi connectivity index (χ1) is 6.20. The number of aromatic amines is 1. The molecule has 0 atom stereocenters. The van der Waals surface area contributed by atoms with Crippen molar-refractivity contribution in [3.63, 3.8) is 0 Å². The first-order valence-corrected chi connectivity index (χ1v) is 3.49. The van der Waals surface area contributed by atoms with Gasteiger partial charge in [0.2, 0.25) is 0 Å². The maximum absolute atomic E-state index is 9.00. The van der Waals surface area contributed by atoms with Gasteiger partial charge in [-0.2, -0.15) is 0 Å². The van der Waals surface area contributed by atoms with Crippen LogP contribution in [0.3, 0.4) is 0 Å². The molecule has 0 unspecified atom stereocenters. The van der Waals surface area contributed by atoms with Gasteiger partial charge in [0.05, 0.1) is 12.5 Å². The average Bonchev–Trinajstić information content (AvgIpc) is 2.49. The number of aromatic nitrogens is 4. The van der Waals surface area contributed by atoms with E-state index in [0.29, 0.717) is 5.65 Å². The van der Waals surface area contributed by atoms with Gasteiger partial charge in [-0.3, -0.25) is 4.79 Å². The number of carboxylic acids is 1. The van der Waals surface area contributed by atoms with Crippen molar-refractivity contribution in [2.75, 3.05) is 0 Å². The van der Waals surface area contributed by atoms with Crippen molar-refractivity contribution in [3.8, 4) is 0 Å². The van der Waals surface area contributed by atoms with Gasteiger partial charge in [-0.15, -0.1) is 0 Å². The molecule has 0 radical (unpaired) electrons. The molecule has 6 heteroatoms. The van der Waals surface area contributed by atoms with Crippen LogP contribution in [-0.4, -0.2) is 31.0 Å². The quantitative estimate of drug-likeness (QED) is 0.613. The molecular weight excluding hydrogens is 172 g/mol. The molecule has 0 saturated carbocycles. The lowest BCUT2D eigenvalue weighted by Gasteiger charge is -1.80. The third-order valence-electron chi connectivity index (χ3n) is 1.10. The maximum atomic E-state index is 9.00. The van der Waals surface area contributed by atoms with Crippen LogP contribution < -0.4 is 0 Å². The van der Waals surface area contributed by atoms with E-state index < -0.39 is 5.97 Å². The van der Waals surface area contributed by atoms with Gasteiger partial charge < -0.3 is 10.1 Å². The topological polar surface area (TPSA) is 91.8 Å². The summed E-state index contributed by atoms with van der Waals surface area (Å²) in [7, 11) is 0. The molecule has 2 heterocycles. The minimum absolute atomic E-state index is 0.713. The average molecular weight is 180 g/mol. The number of carbonyl (C=O) groups is 1. The molecule has 0 saturated heterocycles. The number of hydrogen-bond acceptors (Lipinski definition) is 4. The predicted octanol–water partition coefficient (Wildman–Crippen LogP) is 0.444. The second-order valence-electron chi connectivity index (χ2n) is 2.18. The minimum atomic E-state index is -0.833. The number of nitrogens with zero attached hydrogens (tertiary/aromatic N) is 3. The first kappa shape index (κ1) is 9.11. The van der Waals surface area contributed by atoms with E-state index in [1.807, 2.05) is 0 Å². The van der Waals surface area contributed by atoms with Crippen LogP contribution in [0.4, 0.5) is 0 Å². The van der Waals surface area contributed by atoms with Crippen molar-refractivity contribution >= 4 is 17.1 Å². The highest BCUT2D eigenvalue weighted by Crippen LogP contribution is 1.99. The third-order valence-corrected chi connectivity index (χ3v) is 1.10. The van der Waals surface area contributed by atoms with Crippen LogP contribution in [0.25, 0.3) is 11.2 Å². The molecule has 0 aliphatic rings. The number of fused-ring (bicyclic) bond motifs is 1. The highest BCUT2D eigenvalue weighted by atomic mass is 16.4. The summed E-state index contributed by atoms with van der Waals surface area (Å²) in [5.74, 6) is -0.833. The Bertz CT molecular complexity index is 364. The molecule has 0 fully saturated rings. The van der Waals surface area contributed by atoms with E-state index in [9.17, 15) is 0 Å². The molecule has 6 nitrogen and oxygen atoms in total. The Morgan fingerprint density at radius 3 is 2.85 bits per heavy atom. The lowest BCUT2D eigenvalue weighted by molar-refractivity contribution is -0.134. The summed E-state index contributed by atoms with van der Waals surface area (Å²) in [6.07, 6.45) is 4.76. The van der Waals surface area contributed by atoms with Crippen LogP contribution in [0.15, 0.2) is 18.9 Å². The van der Waals surface area contributed by atoms with E-state index in [0.717, 1.165) is 12.4 Å². The van der Waals surface area contributed by atoms with Gasteiger partial charge in [-0.05, 0) is 0 Å². The Balaban J connectivity index is 0.000000184. The Labute approximate surface area is 73.7 Å². The van der Waals surface area contributed by atoms with Crippen molar-refractivity contribution in [2.24, 2.45) is 0 Å². The first-order valence-electron chi connectivity index (χ1n) is 3.49. The molecule has 0 aliphatic heterocycles. The van der Waals surface area contributed by atoms with E-state index >= 15 is 0 Å². The zero-order chi connectivity index (χ0) is 9.68. The van der Waals surface area contributed by atoms with Crippen molar-refractivity contribution in [3.05, 3.63) is 18.9 Å². The molecule has 0 spiro atoms. The lowest BCUT2D eigenvalue weighted by atomic mass is 10.6. The summed E-state index contributed by atoms with van der Waals surface area (Å²) in [5.41, 5.74) is 1.59. The van der Waals surface area contributed by atoms with Gasteiger partial charge in [0, 0.05) is 6.92 Å². The highest BCUT2D eigenvalue weighted by molar-refractivity contribution is 5.67. The molecule has 2 rings (SSSR count). The van der Waals surface area contributed by atoms with E-state index in [-0.39, 0.29) is 0 Å². The van der Waals surface area contributed by atoms with Crippen LogP contribution in [0, 0.1) is 0 Å². The number of carboxylic acid groups (broad SMARTS) is 1. The number of hydrogen-bond donors (Lipinski definition) is 2. The molecular formula is C7H8N4O2. The maximum Gasteiger partial charge on any atom is 0.300 e. The summed E-state index contributed by atoms with van der Waals surface area (Å²) >= 11 is 0. The molecule has 2 aromatic rings. The molecule has 2 N–H and O–H groups in total. The lowest BCUT2D eigenvalue weighted by Crippen LogP contribution is -1.78. The second-order valence-corrected chi connectivity index (χ2v) is 2.18. The smallest absolute Gasteiger partial charge is 0.300 e. The third kappa shape index (κ3) is 2.86. The number of imidazole rings is 1. The van der Waals surface area contributed by atoms with E-state index in [1.54, 1.807) is 12.5 Å².